The first-order valence-electron chi connectivity index (χ1n) is 9.15. The molecule has 3 aromatic rings. The SMILES string of the molecule is Cc1ccc(-n2nc(C(C)(C)C)cc2NC(=O)Nc2ccc(C)c(Cl)c2)cc1. The van der Waals surface area contributed by atoms with Crippen LogP contribution in [0.3, 0.4) is 0 Å². The van der Waals surface area contributed by atoms with Gasteiger partial charge in [0.2, 0.25) is 0 Å². The summed E-state index contributed by atoms with van der Waals surface area (Å²) in [4.78, 5) is 12.6. The van der Waals surface area contributed by atoms with E-state index in [0.717, 1.165) is 22.5 Å². The van der Waals surface area contributed by atoms with E-state index in [1.54, 1.807) is 10.7 Å². The number of carbonyl (C=O) groups excluding carboxylic acids is 1. The molecule has 1 heterocycles. The van der Waals surface area contributed by atoms with Crippen LogP contribution in [0.5, 0.6) is 0 Å². The second kappa shape index (κ2) is 7.68. The van der Waals surface area contributed by atoms with Gasteiger partial charge in [-0.3, -0.25) is 5.32 Å². The van der Waals surface area contributed by atoms with Crippen molar-refractivity contribution >= 4 is 29.1 Å². The average molecular weight is 397 g/mol. The van der Waals surface area contributed by atoms with Crippen LogP contribution in [0.2, 0.25) is 5.02 Å². The summed E-state index contributed by atoms with van der Waals surface area (Å²) in [6.07, 6.45) is 0. The fourth-order valence-electron chi connectivity index (χ4n) is 2.67. The van der Waals surface area contributed by atoms with Crippen LogP contribution in [0.25, 0.3) is 5.69 Å². The van der Waals surface area contributed by atoms with E-state index in [9.17, 15) is 4.79 Å². The van der Waals surface area contributed by atoms with Crippen LogP contribution in [0.1, 0.15) is 37.6 Å². The van der Waals surface area contributed by atoms with Crippen molar-refractivity contribution in [3.05, 3.63) is 70.4 Å². The molecule has 0 unspecified atom stereocenters. The molecule has 0 aliphatic rings. The van der Waals surface area contributed by atoms with Crippen molar-refractivity contribution in [3.8, 4) is 5.69 Å². The van der Waals surface area contributed by atoms with Crippen molar-refractivity contribution < 1.29 is 4.79 Å². The van der Waals surface area contributed by atoms with Gasteiger partial charge in [-0.25, -0.2) is 9.48 Å². The third-order valence-corrected chi connectivity index (χ3v) is 4.83. The number of nitrogens with one attached hydrogen (secondary N) is 2. The molecule has 0 fully saturated rings. The number of urea groups is 1. The molecule has 6 heteroatoms. The van der Waals surface area contributed by atoms with Crippen LogP contribution in [-0.4, -0.2) is 15.8 Å². The van der Waals surface area contributed by atoms with Crippen LogP contribution in [0.4, 0.5) is 16.3 Å². The van der Waals surface area contributed by atoms with Crippen LogP contribution in [0, 0.1) is 13.8 Å². The molecule has 0 atom stereocenters. The number of hydrogen-bond donors (Lipinski definition) is 2. The molecule has 2 aromatic carbocycles. The molecule has 0 bridgehead atoms. The maximum Gasteiger partial charge on any atom is 0.324 e. The average Bonchev–Trinajstić information content (AvgIpc) is 3.03. The van der Waals surface area contributed by atoms with Gasteiger partial charge in [0.05, 0.1) is 11.4 Å². The Morgan fingerprint density at radius 1 is 1.00 bits per heavy atom. The maximum atomic E-state index is 12.6. The Balaban J connectivity index is 1.89. The Hall–Kier alpha value is -2.79. The molecule has 0 aliphatic heterocycles. The lowest BCUT2D eigenvalue weighted by Crippen LogP contribution is -2.21. The number of halogens is 1. The Morgan fingerprint density at radius 3 is 2.29 bits per heavy atom. The number of rotatable bonds is 3. The zero-order valence-electron chi connectivity index (χ0n) is 16.8. The molecule has 2 amide bonds. The first kappa shape index (κ1) is 20.0. The van der Waals surface area contributed by atoms with E-state index in [1.807, 2.05) is 56.3 Å². The molecule has 0 aliphatic carbocycles. The van der Waals surface area contributed by atoms with Crippen molar-refractivity contribution in [2.75, 3.05) is 10.6 Å². The number of hydrogen-bond acceptors (Lipinski definition) is 2. The van der Waals surface area contributed by atoms with E-state index in [-0.39, 0.29) is 11.4 Å². The number of aromatic nitrogens is 2. The summed E-state index contributed by atoms with van der Waals surface area (Å²) in [6.45, 7) is 10.2. The van der Waals surface area contributed by atoms with E-state index in [0.29, 0.717) is 16.5 Å². The summed E-state index contributed by atoms with van der Waals surface area (Å²) in [5.41, 5.74) is 4.38. The van der Waals surface area contributed by atoms with Gasteiger partial charge in [-0.1, -0.05) is 56.1 Å². The normalized spacial score (nSPS) is 11.4. The summed E-state index contributed by atoms with van der Waals surface area (Å²) in [5.74, 6) is 0.601. The number of aryl methyl sites for hydroxylation is 2. The molecule has 0 radical (unpaired) electrons. The Morgan fingerprint density at radius 2 is 1.68 bits per heavy atom. The molecule has 0 spiro atoms. The van der Waals surface area contributed by atoms with Crippen molar-refractivity contribution in [2.24, 2.45) is 0 Å². The van der Waals surface area contributed by atoms with Crippen LogP contribution in [-0.2, 0) is 5.41 Å². The van der Waals surface area contributed by atoms with Gasteiger partial charge in [-0.15, -0.1) is 0 Å². The van der Waals surface area contributed by atoms with E-state index < -0.39 is 0 Å². The predicted molar refractivity (Wildman–Crippen MR) is 116 cm³/mol. The maximum absolute atomic E-state index is 12.6. The lowest BCUT2D eigenvalue weighted by Gasteiger charge is -2.14. The lowest BCUT2D eigenvalue weighted by atomic mass is 9.92. The highest BCUT2D eigenvalue weighted by Gasteiger charge is 2.21. The minimum Gasteiger partial charge on any atom is -0.308 e. The standard InChI is InChI=1S/C22H25ClN4O/c1-14-6-10-17(11-7-14)27-20(13-19(26-27)22(3,4)5)25-21(28)24-16-9-8-15(2)18(23)12-16/h6-13H,1-5H3,(H2,24,25,28). The molecule has 0 saturated carbocycles. The zero-order chi connectivity index (χ0) is 20.5. The van der Waals surface area contributed by atoms with Crippen LogP contribution < -0.4 is 10.6 Å². The summed E-state index contributed by atoms with van der Waals surface area (Å²) >= 11 is 6.14. The predicted octanol–water partition coefficient (Wildman–Crippen LogP) is 6.08. The van der Waals surface area contributed by atoms with Gasteiger partial charge < -0.3 is 5.32 Å². The molecule has 5 nitrogen and oxygen atoms in total. The van der Waals surface area contributed by atoms with E-state index in [1.165, 1.54) is 0 Å². The summed E-state index contributed by atoms with van der Waals surface area (Å²) in [7, 11) is 0. The minimum absolute atomic E-state index is 0.146. The van der Waals surface area contributed by atoms with Gasteiger partial charge in [0.25, 0.3) is 0 Å². The second-order valence-corrected chi connectivity index (χ2v) is 8.36. The number of nitrogens with zero attached hydrogens (tertiary/aromatic N) is 2. The molecule has 3 rings (SSSR count). The van der Waals surface area contributed by atoms with Gasteiger partial charge in [-0.05, 0) is 43.7 Å². The Labute approximate surface area is 170 Å². The first-order chi connectivity index (χ1) is 13.1. The summed E-state index contributed by atoms with van der Waals surface area (Å²) in [6, 6.07) is 15.0. The largest absolute Gasteiger partial charge is 0.324 e. The lowest BCUT2D eigenvalue weighted by molar-refractivity contribution is 0.262. The highest BCUT2D eigenvalue weighted by atomic mass is 35.5. The number of amides is 2. The smallest absolute Gasteiger partial charge is 0.308 e. The van der Waals surface area contributed by atoms with Crippen molar-refractivity contribution in [2.45, 2.75) is 40.0 Å². The highest BCUT2D eigenvalue weighted by Crippen LogP contribution is 2.27. The van der Waals surface area contributed by atoms with E-state index in [2.05, 4.69) is 31.4 Å². The van der Waals surface area contributed by atoms with Gasteiger partial charge in [0.1, 0.15) is 5.82 Å². The van der Waals surface area contributed by atoms with Crippen molar-refractivity contribution in [1.82, 2.24) is 9.78 Å². The fraction of sp³-hybridized carbons (Fsp3) is 0.273. The molecule has 28 heavy (non-hydrogen) atoms. The van der Waals surface area contributed by atoms with Gasteiger partial charge in [-0.2, -0.15) is 5.10 Å². The molecule has 2 N–H and O–H groups in total. The van der Waals surface area contributed by atoms with Crippen molar-refractivity contribution in [1.29, 1.82) is 0 Å². The second-order valence-electron chi connectivity index (χ2n) is 7.96. The highest BCUT2D eigenvalue weighted by molar-refractivity contribution is 6.31. The zero-order valence-corrected chi connectivity index (χ0v) is 17.6. The number of carbonyl (C=O) groups is 1. The molecule has 146 valence electrons. The summed E-state index contributed by atoms with van der Waals surface area (Å²) < 4.78 is 1.75. The fourth-order valence-corrected chi connectivity index (χ4v) is 2.85. The van der Waals surface area contributed by atoms with Crippen LogP contribution >= 0.6 is 11.6 Å². The molecule has 0 saturated heterocycles. The quantitative estimate of drug-likeness (QED) is 0.563. The van der Waals surface area contributed by atoms with Crippen molar-refractivity contribution in [3.63, 3.8) is 0 Å². The van der Waals surface area contributed by atoms with Gasteiger partial charge in [0, 0.05) is 22.2 Å². The van der Waals surface area contributed by atoms with Crippen LogP contribution in [0.15, 0.2) is 48.5 Å². The van der Waals surface area contributed by atoms with Gasteiger partial charge in [0.15, 0.2) is 0 Å². The monoisotopic (exact) mass is 396 g/mol. The molecular formula is C22H25ClN4O. The molecular weight excluding hydrogens is 372 g/mol. The Bertz CT molecular complexity index is 1000. The van der Waals surface area contributed by atoms with Gasteiger partial charge >= 0.3 is 6.03 Å². The van der Waals surface area contributed by atoms with E-state index >= 15 is 0 Å². The Kier molecular flexibility index (Phi) is 5.47. The third-order valence-electron chi connectivity index (χ3n) is 4.43. The third kappa shape index (κ3) is 4.54. The minimum atomic E-state index is -0.353. The molecule has 1 aromatic heterocycles. The summed E-state index contributed by atoms with van der Waals surface area (Å²) in [5, 5.41) is 11.1. The number of benzene rings is 2. The topological polar surface area (TPSA) is 59.0 Å². The first-order valence-corrected chi connectivity index (χ1v) is 9.53. The number of anilines is 2. The van der Waals surface area contributed by atoms with E-state index in [4.69, 9.17) is 16.7 Å².